The minimum absolute atomic E-state index is 0.389. The largest absolute Gasteiger partial charge is 0.491 e. The third kappa shape index (κ3) is 6.42. The third-order valence-corrected chi connectivity index (χ3v) is 4.66. The number of ether oxygens (including phenoxy) is 1. The Balaban J connectivity index is 1.71. The van der Waals surface area contributed by atoms with Gasteiger partial charge in [0.2, 0.25) is 0 Å². The number of hydrogen-bond acceptors (Lipinski definition) is 4. The minimum atomic E-state index is -4.39. The molecule has 2 rings (SSSR count). The second-order valence-corrected chi connectivity index (χ2v) is 6.81. The van der Waals surface area contributed by atoms with E-state index >= 15 is 0 Å². The predicted octanol–water partition coefficient (Wildman–Crippen LogP) is 3.57. The summed E-state index contributed by atoms with van der Waals surface area (Å²) in [5, 5.41) is 7.64. The summed E-state index contributed by atoms with van der Waals surface area (Å²) in [5.41, 5.74) is 1.33. The molecule has 1 aromatic carbocycles. The van der Waals surface area contributed by atoms with Crippen molar-refractivity contribution in [2.45, 2.75) is 26.4 Å². The highest BCUT2D eigenvalue weighted by molar-refractivity contribution is 7.09. The highest BCUT2D eigenvalue weighted by Gasteiger charge is 2.33. The number of alkyl halides is 3. The number of aliphatic imine (C=N–C) groups is 1. The second kappa shape index (κ2) is 9.59. The number of nitrogens with zero attached hydrogens (tertiary/aromatic N) is 2. The average Bonchev–Trinajstić information content (AvgIpc) is 3.08. The van der Waals surface area contributed by atoms with Crippen LogP contribution in [0.4, 0.5) is 13.2 Å². The number of aromatic nitrogens is 1. The van der Waals surface area contributed by atoms with Crippen LogP contribution in [0.2, 0.25) is 0 Å². The quantitative estimate of drug-likeness (QED) is 0.424. The van der Waals surface area contributed by atoms with E-state index in [-0.39, 0.29) is 0 Å². The molecule has 0 spiro atoms. The molecule has 1 aromatic heterocycles. The average molecular weight is 400 g/mol. The molecule has 0 aliphatic rings. The molecule has 1 heterocycles. The molecule has 5 nitrogen and oxygen atoms in total. The number of halogens is 3. The lowest BCUT2D eigenvalue weighted by Crippen LogP contribution is -2.40. The van der Waals surface area contributed by atoms with Crippen molar-refractivity contribution in [1.29, 1.82) is 0 Å². The Morgan fingerprint density at radius 1 is 1.19 bits per heavy atom. The van der Waals surface area contributed by atoms with Gasteiger partial charge in [-0.1, -0.05) is 18.2 Å². The minimum Gasteiger partial charge on any atom is -0.491 e. The fourth-order valence-corrected chi connectivity index (χ4v) is 3.22. The van der Waals surface area contributed by atoms with Crippen LogP contribution in [0.15, 0.2) is 28.6 Å². The Kier molecular flexibility index (Phi) is 7.46. The number of thiazole rings is 1. The molecular weight excluding hydrogens is 377 g/mol. The summed E-state index contributed by atoms with van der Waals surface area (Å²) < 4.78 is 43.4. The van der Waals surface area contributed by atoms with E-state index in [1.54, 1.807) is 7.05 Å². The highest BCUT2D eigenvalue weighted by Crippen LogP contribution is 2.30. The molecule has 9 heteroatoms. The number of para-hydroxylation sites is 1. The molecule has 0 bridgehead atoms. The zero-order valence-electron chi connectivity index (χ0n) is 15.5. The van der Waals surface area contributed by atoms with Crippen LogP contribution in [0.1, 0.15) is 21.8 Å². The maximum absolute atomic E-state index is 12.5. The Labute approximate surface area is 160 Å². The lowest BCUT2D eigenvalue weighted by molar-refractivity contribution is -0.140. The summed E-state index contributed by atoms with van der Waals surface area (Å²) in [7, 11) is 1.63. The van der Waals surface area contributed by atoms with Gasteiger partial charge in [0, 0.05) is 25.4 Å². The Morgan fingerprint density at radius 3 is 2.44 bits per heavy atom. The Hall–Kier alpha value is -2.29. The standard InChI is InChI=1S/C18H23F3N4OS/c1-12-5-4-6-13(2)16(12)26-10-9-24-17(22-3)23-8-7-15-25-14(11-27-15)18(19,20)21/h4-6,11H,7-10H2,1-3H3,(H2,22,23,24). The fraction of sp³-hybridized carbons (Fsp3) is 0.444. The van der Waals surface area contributed by atoms with E-state index in [0.717, 1.165) is 33.6 Å². The molecule has 0 saturated heterocycles. The van der Waals surface area contributed by atoms with Gasteiger partial charge in [-0.2, -0.15) is 13.2 Å². The third-order valence-electron chi connectivity index (χ3n) is 3.75. The van der Waals surface area contributed by atoms with Crippen LogP contribution in [0.25, 0.3) is 0 Å². The van der Waals surface area contributed by atoms with Gasteiger partial charge in [-0.3, -0.25) is 4.99 Å². The summed E-state index contributed by atoms with van der Waals surface area (Å²) in [6.07, 6.45) is -4.00. The van der Waals surface area contributed by atoms with E-state index < -0.39 is 11.9 Å². The Morgan fingerprint density at radius 2 is 1.85 bits per heavy atom. The molecule has 0 fully saturated rings. The van der Waals surface area contributed by atoms with Crippen LogP contribution < -0.4 is 15.4 Å². The molecular formula is C18H23F3N4OS. The van der Waals surface area contributed by atoms with Crippen LogP contribution in [0, 0.1) is 13.8 Å². The van der Waals surface area contributed by atoms with Gasteiger partial charge < -0.3 is 15.4 Å². The maximum Gasteiger partial charge on any atom is 0.434 e. The molecule has 27 heavy (non-hydrogen) atoms. The summed E-state index contributed by atoms with van der Waals surface area (Å²) in [5.74, 6) is 1.44. The van der Waals surface area contributed by atoms with Crippen molar-refractivity contribution >= 4 is 17.3 Å². The van der Waals surface area contributed by atoms with Crippen LogP contribution in [-0.4, -0.2) is 37.7 Å². The monoisotopic (exact) mass is 400 g/mol. The van der Waals surface area contributed by atoms with E-state index in [2.05, 4.69) is 20.6 Å². The lowest BCUT2D eigenvalue weighted by Gasteiger charge is -2.14. The molecule has 0 amide bonds. The fourth-order valence-electron chi connectivity index (χ4n) is 2.41. The molecule has 2 aromatic rings. The number of guanidine groups is 1. The highest BCUT2D eigenvalue weighted by atomic mass is 32.1. The number of aryl methyl sites for hydroxylation is 2. The van der Waals surface area contributed by atoms with Gasteiger partial charge >= 0.3 is 6.18 Å². The first-order valence-corrected chi connectivity index (χ1v) is 9.34. The normalized spacial score (nSPS) is 12.1. The Bertz CT molecular complexity index is 754. The molecule has 2 N–H and O–H groups in total. The van der Waals surface area contributed by atoms with Gasteiger partial charge in [-0.15, -0.1) is 11.3 Å². The summed E-state index contributed by atoms with van der Waals surface area (Å²) in [6.45, 7) is 5.44. The van der Waals surface area contributed by atoms with E-state index in [1.165, 1.54) is 0 Å². The maximum atomic E-state index is 12.5. The van der Waals surface area contributed by atoms with Crippen LogP contribution in [-0.2, 0) is 12.6 Å². The van der Waals surface area contributed by atoms with Crippen molar-refractivity contribution in [2.24, 2.45) is 4.99 Å². The van der Waals surface area contributed by atoms with Crippen LogP contribution >= 0.6 is 11.3 Å². The van der Waals surface area contributed by atoms with E-state index in [4.69, 9.17) is 4.74 Å². The molecule has 0 saturated carbocycles. The van der Waals surface area contributed by atoms with Crippen molar-refractivity contribution < 1.29 is 17.9 Å². The van der Waals surface area contributed by atoms with Crippen LogP contribution in [0.5, 0.6) is 5.75 Å². The van der Waals surface area contributed by atoms with Gasteiger partial charge in [-0.05, 0) is 25.0 Å². The van der Waals surface area contributed by atoms with E-state index in [0.29, 0.717) is 37.1 Å². The molecule has 0 atom stereocenters. The summed E-state index contributed by atoms with van der Waals surface area (Å²) in [4.78, 5) is 7.69. The van der Waals surface area contributed by atoms with E-state index in [9.17, 15) is 13.2 Å². The van der Waals surface area contributed by atoms with Crippen molar-refractivity contribution in [2.75, 3.05) is 26.7 Å². The van der Waals surface area contributed by atoms with Gasteiger partial charge in [0.1, 0.15) is 12.4 Å². The topological polar surface area (TPSA) is 58.5 Å². The smallest absolute Gasteiger partial charge is 0.434 e. The predicted molar refractivity (Wildman–Crippen MR) is 102 cm³/mol. The first-order valence-electron chi connectivity index (χ1n) is 8.46. The van der Waals surface area contributed by atoms with E-state index in [1.807, 2.05) is 32.0 Å². The molecule has 0 aliphatic carbocycles. The van der Waals surface area contributed by atoms with Crippen molar-refractivity contribution in [3.05, 3.63) is 45.4 Å². The molecule has 148 valence electrons. The van der Waals surface area contributed by atoms with Crippen molar-refractivity contribution in [1.82, 2.24) is 15.6 Å². The number of hydrogen-bond donors (Lipinski definition) is 2. The number of benzene rings is 1. The van der Waals surface area contributed by atoms with Crippen LogP contribution in [0.3, 0.4) is 0 Å². The molecule has 0 radical (unpaired) electrons. The van der Waals surface area contributed by atoms with Crippen molar-refractivity contribution in [3.63, 3.8) is 0 Å². The molecule has 0 aliphatic heterocycles. The first kappa shape index (κ1) is 21.0. The first-order chi connectivity index (χ1) is 12.8. The van der Waals surface area contributed by atoms with Gasteiger partial charge in [0.15, 0.2) is 11.7 Å². The van der Waals surface area contributed by atoms with Crippen molar-refractivity contribution in [3.8, 4) is 5.75 Å². The summed E-state index contributed by atoms with van der Waals surface area (Å²) in [6, 6.07) is 5.99. The van der Waals surface area contributed by atoms with Gasteiger partial charge in [-0.25, -0.2) is 4.98 Å². The van der Waals surface area contributed by atoms with Gasteiger partial charge in [0.05, 0.1) is 11.6 Å². The summed E-state index contributed by atoms with van der Waals surface area (Å²) >= 11 is 1.01. The molecule has 0 unspecified atom stereocenters. The number of rotatable bonds is 7. The lowest BCUT2D eigenvalue weighted by atomic mass is 10.1. The van der Waals surface area contributed by atoms with Gasteiger partial charge in [0.25, 0.3) is 0 Å². The zero-order chi connectivity index (χ0) is 19.9. The SMILES string of the molecule is CN=C(NCCOc1c(C)cccc1C)NCCc1nc(C(F)(F)F)cs1. The zero-order valence-corrected chi connectivity index (χ0v) is 16.3. The number of nitrogens with one attached hydrogen (secondary N) is 2. The second-order valence-electron chi connectivity index (χ2n) is 5.87.